The lowest BCUT2D eigenvalue weighted by molar-refractivity contribution is -0.0262. The van der Waals surface area contributed by atoms with Gasteiger partial charge in [-0.05, 0) is 37.6 Å². The number of nitrogens with zero attached hydrogens (tertiary/aromatic N) is 1. The third-order valence-electron chi connectivity index (χ3n) is 4.70. The summed E-state index contributed by atoms with van der Waals surface area (Å²) < 4.78 is 0. The van der Waals surface area contributed by atoms with E-state index in [9.17, 15) is 0 Å². The average molecular weight is 226 g/mol. The minimum atomic E-state index is 0.318. The summed E-state index contributed by atoms with van der Waals surface area (Å²) in [6, 6.07) is 0. The molecule has 0 aromatic rings. The Kier molecular flexibility index (Phi) is 4.81. The van der Waals surface area contributed by atoms with Crippen LogP contribution in [0.5, 0.6) is 0 Å². The summed E-state index contributed by atoms with van der Waals surface area (Å²) in [6.45, 7) is 11.3. The van der Waals surface area contributed by atoms with E-state index in [2.05, 4.69) is 39.6 Å². The van der Waals surface area contributed by atoms with E-state index in [1.54, 1.807) is 0 Å². The SMILES string of the molecule is CCC(C)CN(C)C1(CN)CC(C(C)C)C1. The fraction of sp³-hybridized carbons (Fsp3) is 1.00. The minimum Gasteiger partial charge on any atom is -0.329 e. The Labute approximate surface area is 102 Å². The third kappa shape index (κ3) is 2.78. The molecule has 1 unspecified atom stereocenters. The van der Waals surface area contributed by atoms with Gasteiger partial charge in [-0.1, -0.05) is 34.1 Å². The molecule has 96 valence electrons. The van der Waals surface area contributed by atoms with E-state index < -0.39 is 0 Å². The van der Waals surface area contributed by atoms with E-state index in [0.29, 0.717) is 5.54 Å². The maximum Gasteiger partial charge on any atom is 0.0334 e. The molecule has 0 radical (unpaired) electrons. The molecule has 2 heteroatoms. The van der Waals surface area contributed by atoms with Gasteiger partial charge in [0.05, 0.1) is 0 Å². The van der Waals surface area contributed by atoms with Gasteiger partial charge in [0.15, 0.2) is 0 Å². The maximum absolute atomic E-state index is 6.01. The molecule has 1 aliphatic rings. The highest BCUT2D eigenvalue weighted by molar-refractivity contribution is 5.03. The molecule has 16 heavy (non-hydrogen) atoms. The van der Waals surface area contributed by atoms with Gasteiger partial charge < -0.3 is 5.73 Å². The highest BCUT2D eigenvalue weighted by Gasteiger charge is 2.46. The highest BCUT2D eigenvalue weighted by atomic mass is 15.2. The molecule has 0 aromatic carbocycles. The first-order valence-electron chi connectivity index (χ1n) is 6.86. The van der Waals surface area contributed by atoms with Crippen molar-refractivity contribution in [3.8, 4) is 0 Å². The molecule has 0 bridgehead atoms. The van der Waals surface area contributed by atoms with Gasteiger partial charge in [0, 0.05) is 18.6 Å². The van der Waals surface area contributed by atoms with Gasteiger partial charge in [0.25, 0.3) is 0 Å². The Morgan fingerprint density at radius 3 is 2.25 bits per heavy atom. The van der Waals surface area contributed by atoms with Crippen molar-refractivity contribution in [3.63, 3.8) is 0 Å². The summed E-state index contributed by atoms with van der Waals surface area (Å²) in [4.78, 5) is 2.53. The fourth-order valence-corrected chi connectivity index (χ4v) is 2.81. The Balaban J connectivity index is 2.49. The largest absolute Gasteiger partial charge is 0.329 e. The number of hydrogen-bond donors (Lipinski definition) is 1. The zero-order valence-electron chi connectivity index (χ0n) is 11.8. The van der Waals surface area contributed by atoms with Crippen molar-refractivity contribution in [2.75, 3.05) is 20.1 Å². The van der Waals surface area contributed by atoms with Gasteiger partial charge in [-0.25, -0.2) is 0 Å². The monoisotopic (exact) mass is 226 g/mol. The molecule has 2 N–H and O–H groups in total. The van der Waals surface area contributed by atoms with Crippen LogP contribution >= 0.6 is 0 Å². The van der Waals surface area contributed by atoms with Crippen LogP contribution in [-0.4, -0.2) is 30.6 Å². The van der Waals surface area contributed by atoms with E-state index in [0.717, 1.165) is 24.3 Å². The van der Waals surface area contributed by atoms with E-state index in [1.165, 1.54) is 25.8 Å². The summed E-state index contributed by atoms with van der Waals surface area (Å²) in [5, 5.41) is 0. The van der Waals surface area contributed by atoms with Crippen LogP contribution < -0.4 is 5.73 Å². The third-order valence-corrected chi connectivity index (χ3v) is 4.70. The number of nitrogens with two attached hydrogens (primary N) is 1. The van der Waals surface area contributed by atoms with Crippen LogP contribution in [-0.2, 0) is 0 Å². The number of rotatable bonds is 6. The summed E-state index contributed by atoms with van der Waals surface area (Å²) in [6.07, 6.45) is 3.86. The first kappa shape index (κ1) is 14.0. The van der Waals surface area contributed by atoms with E-state index in [1.807, 2.05) is 0 Å². The molecule has 1 fully saturated rings. The molecule has 1 saturated carbocycles. The van der Waals surface area contributed by atoms with Crippen molar-refractivity contribution in [1.82, 2.24) is 4.90 Å². The van der Waals surface area contributed by atoms with Crippen molar-refractivity contribution in [2.45, 2.75) is 52.5 Å². The van der Waals surface area contributed by atoms with Crippen LogP contribution in [0.15, 0.2) is 0 Å². The molecular formula is C14H30N2. The highest BCUT2D eigenvalue weighted by Crippen LogP contribution is 2.45. The Morgan fingerprint density at radius 2 is 1.88 bits per heavy atom. The Morgan fingerprint density at radius 1 is 1.31 bits per heavy atom. The van der Waals surface area contributed by atoms with Crippen molar-refractivity contribution in [3.05, 3.63) is 0 Å². The molecule has 0 saturated heterocycles. The predicted molar refractivity (Wildman–Crippen MR) is 71.4 cm³/mol. The van der Waals surface area contributed by atoms with E-state index in [-0.39, 0.29) is 0 Å². The summed E-state index contributed by atoms with van der Waals surface area (Å²) in [5.74, 6) is 2.49. The zero-order chi connectivity index (χ0) is 12.3. The molecule has 0 spiro atoms. The first-order valence-corrected chi connectivity index (χ1v) is 6.86. The van der Waals surface area contributed by atoms with Gasteiger partial charge in [0.2, 0.25) is 0 Å². The van der Waals surface area contributed by atoms with Crippen molar-refractivity contribution in [1.29, 1.82) is 0 Å². The van der Waals surface area contributed by atoms with Crippen LogP contribution in [0, 0.1) is 17.8 Å². The Hall–Kier alpha value is -0.0800. The summed E-state index contributed by atoms with van der Waals surface area (Å²) in [5.41, 5.74) is 6.33. The van der Waals surface area contributed by atoms with Crippen molar-refractivity contribution < 1.29 is 0 Å². The first-order chi connectivity index (χ1) is 7.45. The van der Waals surface area contributed by atoms with Gasteiger partial charge in [-0.3, -0.25) is 4.90 Å². The second-order valence-corrected chi connectivity index (χ2v) is 6.23. The van der Waals surface area contributed by atoms with Crippen molar-refractivity contribution in [2.24, 2.45) is 23.5 Å². The molecule has 1 rings (SSSR count). The number of hydrogen-bond acceptors (Lipinski definition) is 2. The zero-order valence-corrected chi connectivity index (χ0v) is 11.8. The van der Waals surface area contributed by atoms with Gasteiger partial charge in [0.1, 0.15) is 0 Å². The van der Waals surface area contributed by atoms with Crippen LogP contribution in [0.1, 0.15) is 47.0 Å². The molecule has 1 atom stereocenters. The molecular weight excluding hydrogens is 196 g/mol. The average Bonchev–Trinajstić information content (AvgIpc) is 2.16. The second kappa shape index (κ2) is 5.50. The van der Waals surface area contributed by atoms with E-state index >= 15 is 0 Å². The second-order valence-electron chi connectivity index (χ2n) is 6.23. The lowest BCUT2D eigenvalue weighted by atomic mass is 9.63. The van der Waals surface area contributed by atoms with Gasteiger partial charge in [-0.2, -0.15) is 0 Å². The summed E-state index contributed by atoms with van der Waals surface area (Å²) in [7, 11) is 2.26. The molecule has 0 aliphatic heterocycles. The standard InChI is InChI=1S/C14H30N2/c1-6-12(4)9-16(5)14(10-15)7-13(8-14)11(2)3/h11-13H,6-10,15H2,1-5H3. The van der Waals surface area contributed by atoms with Crippen LogP contribution in [0.4, 0.5) is 0 Å². The molecule has 0 aromatic heterocycles. The van der Waals surface area contributed by atoms with Crippen LogP contribution in [0.25, 0.3) is 0 Å². The molecule has 1 aliphatic carbocycles. The van der Waals surface area contributed by atoms with Crippen LogP contribution in [0.2, 0.25) is 0 Å². The van der Waals surface area contributed by atoms with E-state index in [4.69, 9.17) is 5.73 Å². The smallest absolute Gasteiger partial charge is 0.0334 e. The minimum absolute atomic E-state index is 0.318. The quantitative estimate of drug-likeness (QED) is 0.754. The normalized spacial score (nSPS) is 31.9. The predicted octanol–water partition coefficient (Wildman–Crippen LogP) is 2.73. The molecule has 2 nitrogen and oxygen atoms in total. The Bertz CT molecular complexity index is 207. The lowest BCUT2D eigenvalue weighted by Crippen LogP contribution is -2.61. The van der Waals surface area contributed by atoms with Crippen molar-refractivity contribution >= 4 is 0 Å². The molecule has 0 heterocycles. The topological polar surface area (TPSA) is 29.3 Å². The summed E-state index contributed by atoms with van der Waals surface area (Å²) >= 11 is 0. The number of likely N-dealkylation sites (N-methyl/N-ethyl adjacent to an activating group) is 1. The van der Waals surface area contributed by atoms with Gasteiger partial charge >= 0.3 is 0 Å². The lowest BCUT2D eigenvalue weighted by Gasteiger charge is -2.54. The van der Waals surface area contributed by atoms with Gasteiger partial charge in [-0.15, -0.1) is 0 Å². The van der Waals surface area contributed by atoms with Crippen LogP contribution in [0.3, 0.4) is 0 Å². The maximum atomic E-state index is 6.01. The fourth-order valence-electron chi connectivity index (χ4n) is 2.81. The molecule has 0 amide bonds.